The lowest BCUT2D eigenvalue weighted by Crippen LogP contribution is -2.30. The summed E-state index contributed by atoms with van der Waals surface area (Å²) in [7, 11) is 0. The van der Waals surface area contributed by atoms with Crippen molar-refractivity contribution in [1.29, 1.82) is 0 Å². The zero-order chi connectivity index (χ0) is 53.6. The van der Waals surface area contributed by atoms with Crippen LogP contribution in [0.25, 0.3) is 0 Å². The molecular weight excluding hydrogens is 913 g/mol. The number of esters is 3. The molecule has 0 saturated carbocycles. The summed E-state index contributed by atoms with van der Waals surface area (Å²) >= 11 is 0. The van der Waals surface area contributed by atoms with Crippen molar-refractivity contribution in [3.8, 4) is 0 Å². The van der Waals surface area contributed by atoms with Crippen molar-refractivity contribution < 1.29 is 28.6 Å². The van der Waals surface area contributed by atoms with Crippen molar-refractivity contribution in [3.05, 3.63) is 85.1 Å². The van der Waals surface area contributed by atoms with Crippen LogP contribution in [0.15, 0.2) is 85.1 Å². The average Bonchev–Trinajstić information content (AvgIpc) is 3.40. The van der Waals surface area contributed by atoms with Gasteiger partial charge in [-0.15, -0.1) is 0 Å². The number of rotatable bonds is 57. The van der Waals surface area contributed by atoms with Crippen LogP contribution in [-0.4, -0.2) is 37.2 Å². The second-order valence-electron chi connectivity index (χ2n) is 20.9. The molecule has 0 amide bonds. The number of ether oxygens (including phenoxy) is 3. The number of unbranched alkanes of at least 4 members (excludes halogenated alkanes) is 32. The summed E-state index contributed by atoms with van der Waals surface area (Å²) in [5.74, 6) is -0.915. The lowest BCUT2D eigenvalue weighted by Gasteiger charge is -2.18. The maximum Gasteiger partial charge on any atom is 0.306 e. The average molecular weight is 1030 g/mol. The Bertz CT molecular complexity index is 1420. The summed E-state index contributed by atoms with van der Waals surface area (Å²) in [6, 6.07) is 0. The molecule has 6 nitrogen and oxygen atoms in total. The van der Waals surface area contributed by atoms with Gasteiger partial charge >= 0.3 is 17.9 Å². The molecule has 6 heteroatoms. The Morgan fingerprint density at radius 2 is 0.527 bits per heavy atom. The van der Waals surface area contributed by atoms with Crippen molar-refractivity contribution in [2.24, 2.45) is 0 Å². The van der Waals surface area contributed by atoms with Crippen molar-refractivity contribution >= 4 is 17.9 Å². The van der Waals surface area contributed by atoms with Gasteiger partial charge in [-0.1, -0.05) is 279 Å². The van der Waals surface area contributed by atoms with Gasteiger partial charge in [-0.25, -0.2) is 0 Å². The first-order valence-electron chi connectivity index (χ1n) is 31.6. The Balaban J connectivity index is 4.43. The SMILES string of the molecule is CC/C=C\C/C=C\C/C=C\C/C=C\C/C=C\CCCCCC(=O)OCC(COC(=O)CCCCCCCCC/C=C\C/C=C\CCCCCC)OC(=O)CCCCCCCCCCCCCCCCCCCCC. The number of hydrogen-bond donors (Lipinski definition) is 0. The fourth-order valence-electron chi connectivity index (χ4n) is 8.91. The molecule has 0 aromatic carbocycles. The zero-order valence-electron chi connectivity index (χ0n) is 48.8. The topological polar surface area (TPSA) is 78.9 Å². The van der Waals surface area contributed by atoms with E-state index >= 15 is 0 Å². The molecule has 0 bridgehead atoms. The largest absolute Gasteiger partial charge is 0.462 e. The summed E-state index contributed by atoms with van der Waals surface area (Å²) in [6.07, 6.45) is 81.5. The minimum Gasteiger partial charge on any atom is -0.462 e. The van der Waals surface area contributed by atoms with Gasteiger partial charge in [-0.05, 0) is 96.3 Å². The molecule has 0 aliphatic carbocycles. The summed E-state index contributed by atoms with van der Waals surface area (Å²) in [4.78, 5) is 38.3. The van der Waals surface area contributed by atoms with Gasteiger partial charge in [0.25, 0.3) is 0 Å². The summed E-state index contributed by atoms with van der Waals surface area (Å²) < 4.78 is 16.9. The Morgan fingerprint density at radius 3 is 0.851 bits per heavy atom. The summed E-state index contributed by atoms with van der Waals surface area (Å²) in [6.45, 7) is 6.51. The van der Waals surface area contributed by atoms with E-state index in [1.165, 1.54) is 161 Å². The zero-order valence-corrected chi connectivity index (χ0v) is 48.8. The molecule has 0 radical (unpaired) electrons. The lowest BCUT2D eigenvalue weighted by molar-refractivity contribution is -0.167. The highest BCUT2D eigenvalue weighted by Crippen LogP contribution is 2.17. The Labute approximate surface area is 458 Å². The van der Waals surface area contributed by atoms with Crippen LogP contribution in [0.4, 0.5) is 0 Å². The minimum absolute atomic E-state index is 0.0892. The van der Waals surface area contributed by atoms with Crippen LogP contribution in [0.2, 0.25) is 0 Å². The van der Waals surface area contributed by atoms with Crippen LogP contribution in [-0.2, 0) is 28.6 Å². The highest BCUT2D eigenvalue weighted by molar-refractivity contribution is 5.71. The van der Waals surface area contributed by atoms with Crippen molar-refractivity contribution in [2.45, 2.75) is 316 Å². The van der Waals surface area contributed by atoms with Crippen LogP contribution < -0.4 is 0 Å². The standard InChI is InChI=1S/C68H118O6/c1-4-7-10-13-16-19-22-25-28-31-34-37-40-43-46-49-52-55-58-61-67(70)73-64-65(63-72-66(69)60-57-54-51-48-45-42-39-36-33-30-27-24-21-18-15-12-9-6-3)74-68(71)62-59-56-53-50-47-44-41-38-35-32-29-26-23-20-17-14-11-8-5-2/h7,10,16,19,21,24-25,28,30,33-34,37,43,46,65H,4-6,8-9,11-15,17-18,20,22-23,26-27,29,31-32,35-36,38-42,44-45,47-64H2,1-3H3/b10-7-,19-16-,24-21-,28-25-,33-30-,37-34-,46-43-. The van der Waals surface area contributed by atoms with Crippen molar-refractivity contribution in [3.63, 3.8) is 0 Å². The number of carbonyl (C=O) groups is 3. The molecule has 74 heavy (non-hydrogen) atoms. The van der Waals surface area contributed by atoms with Gasteiger partial charge in [-0.3, -0.25) is 14.4 Å². The summed E-state index contributed by atoms with van der Waals surface area (Å²) in [5.41, 5.74) is 0. The van der Waals surface area contributed by atoms with E-state index in [2.05, 4.69) is 106 Å². The quantitative estimate of drug-likeness (QED) is 0.0261. The van der Waals surface area contributed by atoms with E-state index < -0.39 is 6.10 Å². The molecule has 0 saturated heterocycles. The van der Waals surface area contributed by atoms with E-state index in [0.29, 0.717) is 19.3 Å². The number of allylic oxidation sites excluding steroid dienone is 14. The molecule has 0 rings (SSSR count). The molecule has 0 spiro atoms. The third-order valence-corrected chi connectivity index (χ3v) is 13.6. The van der Waals surface area contributed by atoms with Gasteiger partial charge in [0.15, 0.2) is 6.10 Å². The highest BCUT2D eigenvalue weighted by Gasteiger charge is 2.19. The molecule has 0 fully saturated rings. The van der Waals surface area contributed by atoms with E-state index in [4.69, 9.17) is 14.2 Å². The predicted octanol–water partition coefficient (Wildman–Crippen LogP) is 21.5. The first-order valence-corrected chi connectivity index (χ1v) is 31.6. The third-order valence-electron chi connectivity index (χ3n) is 13.6. The van der Waals surface area contributed by atoms with E-state index in [1.807, 2.05) is 0 Å². The van der Waals surface area contributed by atoms with Crippen LogP contribution in [0.5, 0.6) is 0 Å². The van der Waals surface area contributed by atoms with Crippen LogP contribution >= 0.6 is 0 Å². The molecule has 0 aliphatic heterocycles. The van der Waals surface area contributed by atoms with Gasteiger partial charge in [0.2, 0.25) is 0 Å². The van der Waals surface area contributed by atoms with Crippen LogP contribution in [0.3, 0.4) is 0 Å². The molecule has 0 aromatic heterocycles. The van der Waals surface area contributed by atoms with E-state index in [1.54, 1.807) is 0 Å². The molecule has 0 heterocycles. The van der Waals surface area contributed by atoms with Crippen LogP contribution in [0, 0.1) is 0 Å². The van der Waals surface area contributed by atoms with E-state index in [-0.39, 0.29) is 31.1 Å². The minimum atomic E-state index is -0.794. The van der Waals surface area contributed by atoms with Crippen molar-refractivity contribution in [1.82, 2.24) is 0 Å². The number of carbonyl (C=O) groups excluding carboxylic acids is 3. The maximum atomic E-state index is 12.9. The second-order valence-corrected chi connectivity index (χ2v) is 20.9. The molecule has 1 atom stereocenters. The van der Waals surface area contributed by atoms with Gasteiger partial charge < -0.3 is 14.2 Å². The Hall–Kier alpha value is -3.41. The number of hydrogen-bond acceptors (Lipinski definition) is 6. The van der Waals surface area contributed by atoms with Crippen molar-refractivity contribution in [2.75, 3.05) is 13.2 Å². The Kier molecular flexibility index (Phi) is 59.3. The monoisotopic (exact) mass is 1030 g/mol. The van der Waals surface area contributed by atoms with Gasteiger partial charge in [0.1, 0.15) is 13.2 Å². The van der Waals surface area contributed by atoms with E-state index in [9.17, 15) is 14.4 Å². The highest BCUT2D eigenvalue weighted by atomic mass is 16.6. The fraction of sp³-hybridized carbons (Fsp3) is 0.750. The maximum absolute atomic E-state index is 12.9. The smallest absolute Gasteiger partial charge is 0.306 e. The molecule has 1 unspecified atom stereocenters. The second kappa shape index (κ2) is 62.1. The van der Waals surface area contributed by atoms with Crippen LogP contribution in [0.1, 0.15) is 310 Å². The first kappa shape index (κ1) is 70.6. The first-order chi connectivity index (χ1) is 36.5. The fourth-order valence-corrected chi connectivity index (χ4v) is 8.91. The molecule has 426 valence electrons. The molecule has 0 aromatic rings. The third kappa shape index (κ3) is 59.5. The van der Waals surface area contributed by atoms with Gasteiger partial charge in [0, 0.05) is 19.3 Å². The Morgan fingerprint density at radius 1 is 0.284 bits per heavy atom. The molecule has 0 aliphatic rings. The molecule has 0 N–H and O–H groups in total. The van der Waals surface area contributed by atoms with E-state index in [0.717, 1.165) is 109 Å². The summed E-state index contributed by atoms with van der Waals surface area (Å²) in [5, 5.41) is 0. The lowest BCUT2D eigenvalue weighted by atomic mass is 10.0. The molecular formula is C68H118O6. The van der Waals surface area contributed by atoms with Gasteiger partial charge in [-0.2, -0.15) is 0 Å². The normalized spacial score (nSPS) is 12.6. The van der Waals surface area contributed by atoms with Gasteiger partial charge in [0.05, 0.1) is 0 Å². The predicted molar refractivity (Wildman–Crippen MR) is 321 cm³/mol.